The molecule has 0 aromatic heterocycles. The fraction of sp³-hybridized carbons (Fsp3) is 0.567. The summed E-state index contributed by atoms with van der Waals surface area (Å²) in [5.41, 5.74) is 2.92. The molecule has 1 saturated heterocycles. The number of piperidine rings is 1. The predicted molar refractivity (Wildman–Crippen MR) is 139 cm³/mol. The van der Waals surface area contributed by atoms with Crippen molar-refractivity contribution in [3.05, 3.63) is 65.7 Å². The molecule has 0 unspecified atom stereocenters. The van der Waals surface area contributed by atoms with E-state index in [0.717, 1.165) is 48.8 Å². The van der Waals surface area contributed by atoms with Gasteiger partial charge in [0.1, 0.15) is 5.75 Å². The number of quaternary nitrogens is 1. The maximum atomic E-state index is 12.8. The minimum absolute atomic E-state index is 0.133. The molecule has 4 nitrogen and oxygen atoms in total. The molecule has 1 aliphatic carbocycles. The Hall–Kier alpha value is -2.33. The number of hydrogen-bond donors (Lipinski definition) is 1. The van der Waals surface area contributed by atoms with Gasteiger partial charge in [-0.15, -0.1) is 0 Å². The zero-order valence-electron chi connectivity index (χ0n) is 21.4. The molecule has 0 radical (unpaired) electrons. The van der Waals surface area contributed by atoms with Crippen molar-refractivity contribution in [2.45, 2.75) is 69.2 Å². The topological polar surface area (TPSA) is 38.3 Å². The minimum Gasteiger partial charge on any atom is -0.497 e. The van der Waals surface area contributed by atoms with E-state index in [1.165, 1.54) is 37.1 Å². The zero-order valence-corrected chi connectivity index (χ0v) is 21.4. The summed E-state index contributed by atoms with van der Waals surface area (Å²) in [4.78, 5) is 12.8. The average molecular weight is 464 g/mol. The van der Waals surface area contributed by atoms with Gasteiger partial charge in [-0.05, 0) is 61.8 Å². The van der Waals surface area contributed by atoms with Crippen LogP contribution in [0.5, 0.6) is 5.75 Å². The first kappa shape index (κ1) is 24.8. The van der Waals surface area contributed by atoms with Gasteiger partial charge < -0.3 is 14.5 Å². The van der Waals surface area contributed by atoms with Crippen LogP contribution >= 0.6 is 0 Å². The van der Waals surface area contributed by atoms with Crippen molar-refractivity contribution in [1.29, 1.82) is 0 Å². The number of likely N-dealkylation sites (tertiary alicyclic amines) is 1. The molecule has 1 heterocycles. The molecule has 1 amide bonds. The number of aryl methyl sites for hydroxylation is 1. The van der Waals surface area contributed by atoms with Crippen molar-refractivity contribution in [3.63, 3.8) is 0 Å². The molecular formula is C30H43N2O2+. The van der Waals surface area contributed by atoms with Gasteiger partial charge in [-0.3, -0.25) is 4.79 Å². The summed E-state index contributed by atoms with van der Waals surface area (Å²) in [5, 5.41) is 3.43. The second kappa shape index (κ2) is 10.9. The number of ether oxygens (including phenoxy) is 1. The van der Waals surface area contributed by atoms with Gasteiger partial charge in [-0.1, -0.05) is 48.9 Å². The standard InChI is InChI=1S/C30H42N2O2/c1-32(2)20-19-30(25-14-10-15-28(21-25)34-3)22-27(18-17-26(30)23-32)31-29(33)16-9-5-8-13-24-11-6-4-7-12-24/h4,6-7,10-12,14-15,21,26-27H,5,8-9,13,16-20,22-23H2,1-3H3/p+1/t26-,27-,30+/m1/s1. The number of nitrogens with zero attached hydrogens (tertiary/aromatic N) is 1. The molecule has 2 fully saturated rings. The molecule has 0 spiro atoms. The molecule has 184 valence electrons. The quantitative estimate of drug-likeness (QED) is 0.394. The summed E-state index contributed by atoms with van der Waals surface area (Å²) in [5.74, 6) is 1.82. The van der Waals surface area contributed by atoms with Crippen molar-refractivity contribution >= 4 is 5.91 Å². The number of methoxy groups -OCH3 is 1. The number of amides is 1. The van der Waals surface area contributed by atoms with Crippen LogP contribution < -0.4 is 10.1 Å². The van der Waals surface area contributed by atoms with Crippen LogP contribution in [0.1, 0.15) is 62.5 Å². The number of nitrogens with one attached hydrogen (secondary N) is 1. The van der Waals surface area contributed by atoms with Gasteiger partial charge in [0, 0.05) is 30.2 Å². The average Bonchev–Trinajstić information content (AvgIpc) is 2.84. The highest BCUT2D eigenvalue weighted by molar-refractivity contribution is 5.76. The van der Waals surface area contributed by atoms with Crippen LogP contribution in [0.4, 0.5) is 0 Å². The highest BCUT2D eigenvalue weighted by atomic mass is 16.5. The molecule has 2 aromatic carbocycles. The third-order valence-corrected chi connectivity index (χ3v) is 8.36. The number of hydrogen-bond acceptors (Lipinski definition) is 2. The van der Waals surface area contributed by atoms with Crippen LogP contribution in [-0.4, -0.2) is 50.7 Å². The van der Waals surface area contributed by atoms with Crippen molar-refractivity contribution in [2.75, 3.05) is 34.3 Å². The van der Waals surface area contributed by atoms with E-state index >= 15 is 0 Å². The number of benzene rings is 2. The smallest absolute Gasteiger partial charge is 0.220 e. The summed E-state index contributed by atoms with van der Waals surface area (Å²) in [6.45, 7) is 2.38. The Morgan fingerprint density at radius 3 is 2.68 bits per heavy atom. The molecule has 0 bridgehead atoms. The number of unbranched alkanes of at least 4 members (excludes halogenated alkanes) is 2. The van der Waals surface area contributed by atoms with E-state index in [-0.39, 0.29) is 17.4 Å². The van der Waals surface area contributed by atoms with Crippen LogP contribution in [0, 0.1) is 5.92 Å². The largest absolute Gasteiger partial charge is 0.497 e. The molecule has 1 saturated carbocycles. The molecule has 1 aliphatic heterocycles. The second-order valence-corrected chi connectivity index (χ2v) is 11.3. The lowest BCUT2D eigenvalue weighted by atomic mass is 9.57. The number of carbonyl (C=O) groups is 1. The lowest BCUT2D eigenvalue weighted by Gasteiger charge is -2.54. The first-order valence-corrected chi connectivity index (χ1v) is 13.2. The van der Waals surface area contributed by atoms with Gasteiger partial charge >= 0.3 is 0 Å². The fourth-order valence-electron chi connectivity index (χ4n) is 6.44. The Balaban J connectivity index is 1.34. The number of carbonyl (C=O) groups excluding carboxylic acids is 1. The maximum Gasteiger partial charge on any atom is 0.220 e. The third kappa shape index (κ3) is 6.02. The molecular weight excluding hydrogens is 420 g/mol. The molecule has 2 aliphatic rings. The van der Waals surface area contributed by atoms with Crippen LogP contribution in [0.25, 0.3) is 0 Å². The first-order chi connectivity index (χ1) is 16.4. The molecule has 4 heteroatoms. The van der Waals surface area contributed by atoms with Crippen molar-refractivity contribution in [3.8, 4) is 5.75 Å². The van der Waals surface area contributed by atoms with Crippen molar-refractivity contribution in [2.24, 2.45) is 5.92 Å². The minimum atomic E-state index is 0.133. The van der Waals surface area contributed by atoms with E-state index in [2.05, 4.69) is 67.9 Å². The van der Waals surface area contributed by atoms with E-state index < -0.39 is 0 Å². The van der Waals surface area contributed by atoms with Gasteiger partial charge in [0.2, 0.25) is 5.91 Å². The molecule has 3 atom stereocenters. The van der Waals surface area contributed by atoms with Crippen molar-refractivity contribution < 1.29 is 14.0 Å². The Morgan fingerprint density at radius 1 is 1.06 bits per heavy atom. The normalized spacial score (nSPS) is 25.9. The van der Waals surface area contributed by atoms with Crippen LogP contribution in [0.2, 0.25) is 0 Å². The Bertz CT molecular complexity index is 942. The lowest BCUT2D eigenvalue weighted by Crippen LogP contribution is -2.60. The fourth-order valence-corrected chi connectivity index (χ4v) is 6.44. The lowest BCUT2D eigenvalue weighted by molar-refractivity contribution is -0.901. The predicted octanol–water partition coefficient (Wildman–Crippen LogP) is 5.50. The molecule has 1 N–H and O–H groups in total. The molecule has 4 rings (SSSR count). The Morgan fingerprint density at radius 2 is 1.88 bits per heavy atom. The van der Waals surface area contributed by atoms with Crippen LogP contribution in [-0.2, 0) is 16.6 Å². The van der Waals surface area contributed by atoms with E-state index in [0.29, 0.717) is 12.3 Å². The summed E-state index contributed by atoms with van der Waals surface area (Å²) < 4.78 is 6.67. The van der Waals surface area contributed by atoms with Crippen molar-refractivity contribution in [1.82, 2.24) is 5.32 Å². The van der Waals surface area contributed by atoms with Gasteiger partial charge in [-0.25, -0.2) is 0 Å². The first-order valence-electron chi connectivity index (χ1n) is 13.2. The highest BCUT2D eigenvalue weighted by Gasteiger charge is 2.51. The molecule has 34 heavy (non-hydrogen) atoms. The Labute approximate surface area is 206 Å². The van der Waals surface area contributed by atoms with E-state index in [4.69, 9.17) is 4.74 Å². The monoisotopic (exact) mass is 463 g/mol. The van der Waals surface area contributed by atoms with Crippen LogP contribution in [0.3, 0.4) is 0 Å². The molecule has 2 aromatic rings. The van der Waals surface area contributed by atoms with E-state index in [1.807, 2.05) is 6.07 Å². The zero-order chi connectivity index (χ0) is 24.0. The van der Waals surface area contributed by atoms with Gasteiger partial charge in [0.15, 0.2) is 0 Å². The van der Waals surface area contributed by atoms with E-state index in [9.17, 15) is 4.79 Å². The summed E-state index contributed by atoms with van der Waals surface area (Å²) in [6, 6.07) is 19.6. The summed E-state index contributed by atoms with van der Waals surface area (Å²) in [6.07, 6.45) is 9.46. The maximum absolute atomic E-state index is 12.8. The highest BCUT2D eigenvalue weighted by Crippen LogP contribution is 2.50. The number of fused-ring (bicyclic) bond motifs is 1. The third-order valence-electron chi connectivity index (χ3n) is 8.36. The van der Waals surface area contributed by atoms with Gasteiger partial charge in [0.05, 0.1) is 34.3 Å². The summed E-state index contributed by atoms with van der Waals surface area (Å²) >= 11 is 0. The Kier molecular flexibility index (Phi) is 7.98. The van der Waals surface area contributed by atoms with Gasteiger partial charge in [0.25, 0.3) is 0 Å². The van der Waals surface area contributed by atoms with Crippen LogP contribution in [0.15, 0.2) is 54.6 Å². The SMILES string of the molecule is COc1cccc([C@@]23CC[N+](C)(C)C[C@H]2CC[C@@H](NC(=O)CCCCCc2ccccc2)C3)c1. The number of rotatable bonds is 9. The second-order valence-electron chi connectivity index (χ2n) is 11.3. The summed E-state index contributed by atoms with van der Waals surface area (Å²) in [7, 11) is 6.47. The van der Waals surface area contributed by atoms with E-state index in [1.54, 1.807) is 7.11 Å². The van der Waals surface area contributed by atoms with Gasteiger partial charge in [-0.2, -0.15) is 0 Å².